The second kappa shape index (κ2) is 9.38. The summed E-state index contributed by atoms with van der Waals surface area (Å²) in [7, 11) is 1.66. The highest BCUT2D eigenvalue weighted by molar-refractivity contribution is 5.80. The van der Waals surface area contributed by atoms with Crippen molar-refractivity contribution in [3.63, 3.8) is 0 Å². The minimum atomic E-state index is -4.47. The molecule has 5 nitrogen and oxygen atoms in total. The van der Waals surface area contributed by atoms with Gasteiger partial charge in [-0.25, -0.2) is 0 Å². The summed E-state index contributed by atoms with van der Waals surface area (Å²) in [6, 6.07) is 12.4. The Morgan fingerprint density at radius 1 is 1.17 bits per heavy atom. The molecule has 0 spiro atoms. The van der Waals surface area contributed by atoms with Gasteiger partial charge in [0.05, 0.1) is 18.8 Å². The number of ether oxygens (including phenoxy) is 2. The van der Waals surface area contributed by atoms with Gasteiger partial charge in [-0.2, -0.15) is 13.2 Å². The molecule has 2 aromatic carbocycles. The van der Waals surface area contributed by atoms with Crippen molar-refractivity contribution in [3.05, 3.63) is 59.7 Å². The molecule has 0 aliphatic carbocycles. The average molecular weight is 422 g/mol. The molecule has 1 saturated heterocycles. The summed E-state index contributed by atoms with van der Waals surface area (Å²) >= 11 is 0. The molecule has 1 heterocycles. The van der Waals surface area contributed by atoms with Gasteiger partial charge in [0.1, 0.15) is 5.75 Å². The molecule has 30 heavy (non-hydrogen) atoms. The van der Waals surface area contributed by atoms with E-state index in [1.54, 1.807) is 7.05 Å². The number of hydrogen-bond donors (Lipinski definition) is 0. The fourth-order valence-electron chi connectivity index (χ4n) is 3.40. The van der Waals surface area contributed by atoms with Crippen LogP contribution in [-0.4, -0.2) is 50.3 Å². The van der Waals surface area contributed by atoms with E-state index in [1.807, 2.05) is 24.3 Å². The predicted molar refractivity (Wildman–Crippen MR) is 107 cm³/mol. The summed E-state index contributed by atoms with van der Waals surface area (Å²) in [6.45, 7) is 4.78. The Morgan fingerprint density at radius 2 is 1.87 bits per heavy atom. The van der Waals surface area contributed by atoms with Crippen LogP contribution in [0.1, 0.15) is 18.1 Å². The minimum Gasteiger partial charge on any atom is -0.481 e. The Labute approximate surface area is 174 Å². The maximum Gasteiger partial charge on any atom is 0.416 e. The molecule has 162 valence electrons. The summed E-state index contributed by atoms with van der Waals surface area (Å²) in [5.41, 5.74) is 1.22. The van der Waals surface area contributed by atoms with Gasteiger partial charge in [-0.05, 0) is 36.8 Å². The highest BCUT2D eigenvalue weighted by atomic mass is 19.4. The molecular weight excluding hydrogens is 397 g/mol. The SMILES string of the molecule is C[C@@H](Oc1cccc(C(F)(F)F)c1)C(=O)N(C)Cc1ccccc1N1CCOCC1. The summed E-state index contributed by atoms with van der Waals surface area (Å²) in [4.78, 5) is 16.5. The third-order valence-electron chi connectivity index (χ3n) is 4.95. The van der Waals surface area contributed by atoms with Gasteiger partial charge in [0.25, 0.3) is 5.91 Å². The van der Waals surface area contributed by atoms with Crippen LogP contribution in [0, 0.1) is 0 Å². The molecule has 0 aromatic heterocycles. The fraction of sp³-hybridized carbons (Fsp3) is 0.409. The number of benzene rings is 2. The van der Waals surface area contributed by atoms with Crippen molar-refractivity contribution in [2.45, 2.75) is 25.7 Å². The number of carbonyl (C=O) groups is 1. The molecule has 0 saturated carbocycles. The van der Waals surface area contributed by atoms with Crippen molar-refractivity contribution < 1.29 is 27.4 Å². The van der Waals surface area contributed by atoms with E-state index in [9.17, 15) is 18.0 Å². The van der Waals surface area contributed by atoms with Gasteiger partial charge in [0.15, 0.2) is 6.10 Å². The predicted octanol–water partition coefficient (Wildman–Crippen LogP) is 3.97. The van der Waals surface area contributed by atoms with Crippen LogP contribution in [0.2, 0.25) is 0 Å². The number of amides is 1. The van der Waals surface area contributed by atoms with Crippen LogP contribution in [0.4, 0.5) is 18.9 Å². The Balaban J connectivity index is 1.66. The monoisotopic (exact) mass is 422 g/mol. The lowest BCUT2D eigenvalue weighted by atomic mass is 10.1. The van der Waals surface area contributed by atoms with E-state index >= 15 is 0 Å². The molecule has 1 amide bonds. The van der Waals surface area contributed by atoms with E-state index in [4.69, 9.17) is 9.47 Å². The highest BCUT2D eigenvalue weighted by Crippen LogP contribution is 2.31. The lowest BCUT2D eigenvalue weighted by Gasteiger charge is -2.31. The molecule has 2 aromatic rings. The third kappa shape index (κ3) is 5.44. The van der Waals surface area contributed by atoms with E-state index in [-0.39, 0.29) is 11.7 Å². The van der Waals surface area contributed by atoms with Gasteiger partial charge < -0.3 is 19.3 Å². The number of para-hydroxylation sites is 1. The van der Waals surface area contributed by atoms with Crippen LogP contribution in [0.3, 0.4) is 0 Å². The number of rotatable bonds is 6. The molecule has 0 radical (unpaired) electrons. The molecule has 1 aliphatic rings. The molecule has 0 bridgehead atoms. The van der Waals surface area contributed by atoms with Crippen molar-refractivity contribution in [2.75, 3.05) is 38.3 Å². The number of carbonyl (C=O) groups excluding carboxylic acids is 1. The molecule has 1 atom stereocenters. The maximum absolute atomic E-state index is 12.9. The number of nitrogens with zero attached hydrogens (tertiary/aromatic N) is 2. The van der Waals surface area contributed by atoms with E-state index in [2.05, 4.69) is 4.90 Å². The lowest BCUT2D eigenvalue weighted by Crippen LogP contribution is -2.39. The summed E-state index contributed by atoms with van der Waals surface area (Å²) in [5, 5.41) is 0. The Morgan fingerprint density at radius 3 is 2.57 bits per heavy atom. The maximum atomic E-state index is 12.9. The Hall–Kier alpha value is -2.74. The first-order chi connectivity index (χ1) is 14.3. The second-order valence-corrected chi connectivity index (χ2v) is 7.21. The van der Waals surface area contributed by atoms with Crippen LogP contribution in [0.25, 0.3) is 0 Å². The standard InChI is InChI=1S/C22H25F3N2O3/c1-16(30-19-8-5-7-18(14-19)22(23,24)25)21(28)26(2)15-17-6-3-4-9-20(17)27-10-12-29-13-11-27/h3-9,14,16H,10-13,15H2,1-2H3/t16-/m1/s1. The van der Waals surface area contributed by atoms with Crippen LogP contribution in [0.15, 0.2) is 48.5 Å². The van der Waals surface area contributed by atoms with Crippen molar-refractivity contribution >= 4 is 11.6 Å². The van der Waals surface area contributed by atoms with Crippen LogP contribution in [0.5, 0.6) is 5.75 Å². The Kier molecular flexibility index (Phi) is 6.87. The number of anilines is 1. The zero-order chi connectivity index (χ0) is 21.7. The first-order valence-electron chi connectivity index (χ1n) is 9.75. The zero-order valence-corrected chi connectivity index (χ0v) is 17.0. The van der Waals surface area contributed by atoms with Crippen molar-refractivity contribution in [1.82, 2.24) is 4.90 Å². The number of alkyl halides is 3. The topological polar surface area (TPSA) is 42.0 Å². The van der Waals surface area contributed by atoms with E-state index in [1.165, 1.54) is 24.0 Å². The minimum absolute atomic E-state index is 0.00721. The van der Waals surface area contributed by atoms with Crippen LogP contribution in [-0.2, 0) is 22.3 Å². The largest absolute Gasteiger partial charge is 0.481 e. The first kappa shape index (κ1) is 22.0. The van der Waals surface area contributed by atoms with Gasteiger partial charge in [-0.3, -0.25) is 4.79 Å². The quantitative estimate of drug-likeness (QED) is 0.707. The number of halogens is 3. The van der Waals surface area contributed by atoms with E-state index < -0.39 is 17.8 Å². The van der Waals surface area contributed by atoms with Crippen molar-refractivity contribution in [3.8, 4) is 5.75 Å². The second-order valence-electron chi connectivity index (χ2n) is 7.21. The third-order valence-corrected chi connectivity index (χ3v) is 4.95. The molecule has 3 rings (SSSR count). The van der Waals surface area contributed by atoms with Gasteiger partial charge in [-0.15, -0.1) is 0 Å². The zero-order valence-electron chi connectivity index (χ0n) is 17.0. The van der Waals surface area contributed by atoms with Crippen molar-refractivity contribution in [2.24, 2.45) is 0 Å². The van der Waals surface area contributed by atoms with E-state index in [0.29, 0.717) is 19.8 Å². The smallest absolute Gasteiger partial charge is 0.416 e. The number of hydrogen-bond acceptors (Lipinski definition) is 4. The highest BCUT2D eigenvalue weighted by Gasteiger charge is 2.31. The molecule has 1 fully saturated rings. The van der Waals surface area contributed by atoms with Gasteiger partial charge in [0.2, 0.25) is 0 Å². The summed E-state index contributed by atoms with van der Waals surface area (Å²) in [6.07, 6.45) is -5.39. The molecular formula is C22H25F3N2O3. The fourth-order valence-corrected chi connectivity index (χ4v) is 3.40. The first-order valence-corrected chi connectivity index (χ1v) is 9.75. The van der Waals surface area contributed by atoms with Gasteiger partial charge in [0, 0.05) is 32.4 Å². The van der Waals surface area contributed by atoms with Gasteiger partial charge in [-0.1, -0.05) is 24.3 Å². The molecule has 8 heteroatoms. The average Bonchev–Trinajstić information content (AvgIpc) is 2.73. The normalized spacial score (nSPS) is 15.6. The summed E-state index contributed by atoms with van der Waals surface area (Å²) < 4.78 is 49.6. The lowest BCUT2D eigenvalue weighted by molar-refractivity contribution is -0.137. The van der Waals surface area contributed by atoms with E-state index in [0.717, 1.165) is 36.5 Å². The number of morpholine rings is 1. The molecule has 0 N–H and O–H groups in total. The summed E-state index contributed by atoms with van der Waals surface area (Å²) in [5.74, 6) is -0.308. The molecule has 0 unspecified atom stereocenters. The number of likely N-dealkylation sites (N-methyl/N-ethyl adjacent to an activating group) is 1. The molecule has 1 aliphatic heterocycles. The Bertz CT molecular complexity index is 867. The van der Waals surface area contributed by atoms with Gasteiger partial charge >= 0.3 is 6.18 Å². The van der Waals surface area contributed by atoms with Crippen LogP contribution >= 0.6 is 0 Å². The van der Waals surface area contributed by atoms with Crippen LogP contribution < -0.4 is 9.64 Å². The van der Waals surface area contributed by atoms with Crippen molar-refractivity contribution in [1.29, 1.82) is 0 Å².